The summed E-state index contributed by atoms with van der Waals surface area (Å²) in [7, 11) is 3.76. The van der Waals surface area contributed by atoms with E-state index in [1.165, 1.54) is 6.08 Å². The number of likely N-dealkylation sites (N-methyl/N-ethyl adjacent to an activating group) is 1. The molecule has 0 bridgehead atoms. The van der Waals surface area contributed by atoms with E-state index in [-0.39, 0.29) is 5.91 Å². The quantitative estimate of drug-likeness (QED) is 0.566. The zero-order valence-corrected chi connectivity index (χ0v) is 15.0. The van der Waals surface area contributed by atoms with Crippen molar-refractivity contribution in [1.29, 1.82) is 0 Å². The van der Waals surface area contributed by atoms with Gasteiger partial charge in [0.05, 0.1) is 6.54 Å². The van der Waals surface area contributed by atoms with Crippen LogP contribution in [0.4, 0.5) is 0 Å². The number of nitrogens with one attached hydrogen (secondary N) is 1. The normalized spacial score (nSPS) is 11.6. The van der Waals surface area contributed by atoms with E-state index in [9.17, 15) is 9.59 Å². The van der Waals surface area contributed by atoms with Gasteiger partial charge >= 0.3 is 5.76 Å². The zero-order chi connectivity index (χ0) is 19.0. The van der Waals surface area contributed by atoms with Crippen LogP contribution in [0.5, 0.6) is 0 Å². The van der Waals surface area contributed by atoms with Gasteiger partial charge in [0.25, 0.3) is 0 Å². The van der Waals surface area contributed by atoms with Crippen molar-refractivity contribution in [3.63, 3.8) is 0 Å². The first-order valence-corrected chi connectivity index (χ1v) is 8.46. The van der Waals surface area contributed by atoms with E-state index in [0.29, 0.717) is 23.3 Å². The number of fused-ring (bicyclic) bond motifs is 2. The van der Waals surface area contributed by atoms with Crippen molar-refractivity contribution in [2.24, 2.45) is 7.05 Å². The van der Waals surface area contributed by atoms with E-state index < -0.39 is 5.76 Å². The molecule has 1 N–H and O–H groups in total. The fraction of sp³-hybridized carbons (Fsp3) is 0.150. The number of nitrogens with zero attached hydrogens (tertiary/aromatic N) is 3. The standard InChI is InChI=1S/C20H18N4O3/c1-23(12-15-10-14-5-3-4-6-16(14)24(15)2)18(25)8-7-13-9-17-19(21-11-13)22-20(26)27-17/h3-11H,12H2,1-2H3,(H,21,22,26)/b8-7+. The SMILES string of the molecule is CN(Cc1cc2ccccc2n1C)C(=O)/C=C/c1cnc2[nH]c(=O)oc2c1. The minimum Gasteiger partial charge on any atom is -0.406 e. The number of benzene rings is 1. The van der Waals surface area contributed by atoms with Gasteiger partial charge in [-0.25, -0.2) is 9.78 Å². The Kier molecular flexibility index (Phi) is 4.12. The van der Waals surface area contributed by atoms with E-state index in [4.69, 9.17) is 4.42 Å². The van der Waals surface area contributed by atoms with Crippen molar-refractivity contribution >= 4 is 34.1 Å². The fourth-order valence-electron chi connectivity index (χ4n) is 3.06. The summed E-state index contributed by atoms with van der Waals surface area (Å²) in [5.74, 6) is -0.680. The van der Waals surface area contributed by atoms with Crippen molar-refractivity contribution in [2.45, 2.75) is 6.54 Å². The number of hydrogen-bond acceptors (Lipinski definition) is 4. The van der Waals surface area contributed by atoms with E-state index >= 15 is 0 Å². The highest BCUT2D eigenvalue weighted by Crippen LogP contribution is 2.19. The van der Waals surface area contributed by atoms with Gasteiger partial charge < -0.3 is 13.9 Å². The van der Waals surface area contributed by atoms with Crippen molar-refractivity contribution in [3.8, 4) is 0 Å². The van der Waals surface area contributed by atoms with Crippen molar-refractivity contribution in [1.82, 2.24) is 19.4 Å². The molecule has 0 aliphatic rings. The van der Waals surface area contributed by atoms with Crippen molar-refractivity contribution in [2.75, 3.05) is 7.05 Å². The molecule has 27 heavy (non-hydrogen) atoms. The number of para-hydroxylation sites is 1. The van der Waals surface area contributed by atoms with E-state index in [1.54, 1.807) is 30.3 Å². The van der Waals surface area contributed by atoms with Gasteiger partial charge in [-0.3, -0.25) is 9.78 Å². The molecular weight excluding hydrogens is 344 g/mol. The third-order valence-corrected chi connectivity index (χ3v) is 4.54. The molecule has 4 rings (SSSR count). The van der Waals surface area contributed by atoms with Crippen LogP contribution in [-0.2, 0) is 18.4 Å². The number of aromatic amines is 1. The summed E-state index contributed by atoms with van der Waals surface area (Å²) in [5.41, 5.74) is 3.61. The number of aromatic nitrogens is 3. The summed E-state index contributed by atoms with van der Waals surface area (Å²) in [6, 6.07) is 11.9. The molecule has 0 aliphatic heterocycles. The number of H-pyrrole nitrogens is 1. The van der Waals surface area contributed by atoms with Crippen LogP contribution < -0.4 is 5.76 Å². The van der Waals surface area contributed by atoms with E-state index in [0.717, 1.165) is 16.6 Å². The molecule has 4 aromatic rings. The average molecular weight is 362 g/mol. The second-order valence-electron chi connectivity index (χ2n) is 6.41. The molecule has 1 aromatic carbocycles. The Hall–Kier alpha value is -3.61. The predicted octanol–water partition coefficient (Wildman–Crippen LogP) is 2.68. The van der Waals surface area contributed by atoms with Crippen LogP contribution in [0.1, 0.15) is 11.3 Å². The summed E-state index contributed by atoms with van der Waals surface area (Å²) in [6.07, 6.45) is 4.71. The lowest BCUT2D eigenvalue weighted by Gasteiger charge is -2.15. The number of carbonyl (C=O) groups excluding carboxylic acids is 1. The van der Waals surface area contributed by atoms with Crippen molar-refractivity contribution < 1.29 is 9.21 Å². The van der Waals surface area contributed by atoms with Gasteiger partial charge in [0, 0.05) is 37.6 Å². The van der Waals surface area contributed by atoms with Crippen LogP contribution in [0.2, 0.25) is 0 Å². The number of pyridine rings is 1. The van der Waals surface area contributed by atoms with E-state index in [2.05, 4.69) is 32.7 Å². The minimum atomic E-state index is -0.551. The van der Waals surface area contributed by atoms with Gasteiger partial charge in [-0.05, 0) is 35.2 Å². The summed E-state index contributed by atoms with van der Waals surface area (Å²) in [6.45, 7) is 0.498. The molecule has 0 saturated heterocycles. The van der Waals surface area contributed by atoms with Crippen LogP contribution in [0.25, 0.3) is 28.2 Å². The van der Waals surface area contributed by atoms with Gasteiger partial charge in [0.1, 0.15) is 0 Å². The lowest BCUT2D eigenvalue weighted by Crippen LogP contribution is -2.25. The molecule has 0 atom stereocenters. The summed E-state index contributed by atoms with van der Waals surface area (Å²) < 4.78 is 7.07. The fourth-order valence-corrected chi connectivity index (χ4v) is 3.06. The monoisotopic (exact) mass is 362 g/mol. The Morgan fingerprint density at radius 1 is 1.33 bits per heavy atom. The smallest absolute Gasteiger partial charge is 0.406 e. The average Bonchev–Trinajstić information content (AvgIpc) is 3.18. The molecule has 0 saturated carbocycles. The second-order valence-corrected chi connectivity index (χ2v) is 6.41. The molecule has 3 heterocycles. The number of aryl methyl sites for hydroxylation is 1. The number of carbonyl (C=O) groups is 1. The largest absolute Gasteiger partial charge is 0.418 e. The Balaban J connectivity index is 1.50. The highest BCUT2D eigenvalue weighted by atomic mass is 16.4. The van der Waals surface area contributed by atoms with Crippen LogP contribution >= 0.6 is 0 Å². The molecule has 136 valence electrons. The lowest BCUT2D eigenvalue weighted by molar-refractivity contribution is -0.125. The van der Waals surface area contributed by atoms with Crippen LogP contribution in [0, 0.1) is 0 Å². The number of rotatable bonds is 4. The second kappa shape index (κ2) is 6.60. The summed E-state index contributed by atoms with van der Waals surface area (Å²) in [5, 5.41) is 1.15. The molecule has 0 aliphatic carbocycles. The third-order valence-electron chi connectivity index (χ3n) is 4.54. The van der Waals surface area contributed by atoms with Gasteiger partial charge in [-0.2, -0.15) is 0 Å². The van der Waals surface area contributed by atoms with Crippen LogP contribution in [-0.4, -0.2) is 32.4 Å². The maximum absolute atomic E-state index is 12.4. The Morgan fingerprint density at radius 3 is 2.96 bits per heavy atom. The molecule has 7 heteroatoms. The van der Waals surface area contributed by atoms with Crippen molar-refractivity contribution in [3.05, 3.63) is 70.5 Å². The maximum atomic E-state index is 12.4. The van der Waals surface area contributed by atoms with Crippen LogP contribution in [0.3, 0.4) is 0 Å². The summed E-state index contributed by atoms with van der Waals surface area (Å²) in [4.78, 5) is 31.8. The topological polar surface area (TPSA) is 84.1 Å². The lowest BCUT2D eigenvalue weighted by atomic mass is 10.2. The molecule has 3 aromatic heterocycles. The first-order valence-electron chi connectivity index (χ1n) is 8.46. The highest BCUT2D eigenvalue weighted by Gasteiger charge is 2.11. The first-order chi connectivity index (χ1) is 13.0. The Bertz CT molecular complexity index is 1230. The molecule has 0 spiro atoms. The molecule has 1 amide bonds. The molecule has 0 unspecified atom stereocenters. The first kappa shape index (κ1) is 16.8. The minimum absolute atomic E-state index is 0.129. The molecule has 0 fully saturated rings. The molecular formula is C20H18N4O3. The Labute approximate surface area is 154 Å². The van der Waals surface area contributed by atoms with Gasteiger partial charge in [-0.1, -0.05) is 18.2 Å². The number of amides is 1. The summed E-state index contributed by atoms with van der Waals surface area (Å²) >= 11 is 0. The van der Waals surface area contributed by atoms with Gasteiger partial charge in [0.2, 0.25) is 5.91 Å². The van der Waals surface area contributed by atoms with E-state index in [1.807, 2.05) is 19.2 Å². The zero-order valence-electron chi connectivity index (χ0n) is 15.0. The number of hydrogen-bond donors (Lipinski definition) is 1. The third kappa shape index (κ3) is 3.27. The van der Waals surface area contributed by atoms with Gasteiger partial charge in [-0.15, -0.1) is 0 Å². The molecule has 0 radical (unpaired) electrons. The predicted molar refractivity (Wildman–Crippen MR) is 103 cm³/mol. The highest BCUT2D eigenvalue weighted by molar-refractivity contribution is 5.92. The van der Waals surface area contributed by atoms with Crippen LogP contribution in [0.15, 0.2) is 57.9 Å². The van der Waals surface area contributed by atoms with Gasteiger partial charge in [0.15, 0.2) is 11.2 Å². The maximum Gasteiger partial charge on any atom is 0.418 e. The number of oxazole rings is 1. The molecule has 7 nitrogen and oxygen atoms in total. The Morgan fingerprint density at radius 2 is 2.15 bits per heavy atom.